The van der Waals surface area contributed by atoms with E-state index in [4.69, 9.17) is 16.3 Å². The van der Waals surface area contributed by atoms with Gasteiger partial charge in [0.2, 0.25) is 0 Å². The van der Waals surface area contributed by atoms with Crippen LogP contribution in [0.2, 0.25) is 5.02 Å². The van der Waals surface area contributed by atoms with Crippen LogP contribution in [0.1, 0.15) is 96.5 Å². The number of thioether (sulfide) groups is 1. The van der Waals surface area contributed by atoms with E-state index in [0.717, 1.165) is 24.5 Å². The summed E-state index contributed by atoms with van der Waals surface area (Å²) < 4.78 is 5.93. The van der Waals surface area contributed by atoms with Gasteiger partial charge in [-0.05, 0) is 48.1 Å². The maximum Gasteiger partial charge on any atom is 0.323 e. The van der Waals surface area contributed by atoms with E-state index in [1.807, 2.05) is 36.0 Å². The number of ether oxygens (including phenoxy) is 1. The second-order valence-electron chi connectivity index (χ2n) is 10.4. The number of hydrogen-bond donors (Lipinski definition) is 2. The Balaban J connectivity index is 0.00000560. The van der Waals surface area contributed by atoms with Gasteiger partial charge in [-0.2, -0.15) is 0 Å². The molecule has 222 valence electrons. The van der Waals surface area contributed by atoms with Gasteiger partial charge in [0.15, 0.2) is 0 Å². The zero-order valence-corrected chi connectivity index (χ0v) is 27.5. The van der Waals surface area contributed by atoms with E-state index >= 15 is 0 Å². The van der Waals surface area contributed by atoms with E-state index in [1.165, 1.54) is 81.1 Å². The first-order valence-corrected chi connectivity index (χ1v) is 16.0. The number of unbranched alkanes of at least 4 members (excludes halogenated alkanes) is 11. The van der Waals surface area contributed by atoms with Crippen molar-refractivity contribution in [2.24, 2.45) is 0 Å². The Labute approximate surface area is 261 Å². The quantitative estimate of drug-likeness (QED) is 0.157. The average molecular weight is 653 g/mol. The smallest absolute Gasteiger partial charge is 0.323 e. The number of halogens is 2. The van der Waals surface area contributed by atoms with Crippen LogP contribution in [0.25, 0.3) is 0 Å². The summed E-state index contributed by atoms with van der Waals surface area (Å²) in [4.78, 5) is 16.2. The predicted octanol–water partition coefficient (Wildman–Crippen LogP) is 11.0. The Hall–Kier alpha value is -1.83. The van der Waals surface area contributed by atoms with Gasteiger partial charge in [0, 0.05) is 30.2 Å². The van der Waals surface area contributed by atoms with Gasteiger partial charge in [-0.25, -0.2) is 4.79 Å². The Kier molecular flexibility index (Phi) is 17.3. The number of nitrogens with zero attached hydrogens (tertiary/aromatic N) is 1. The molecule has 5 nitrogen and oxygen atoms in total. The van der Waals surface area contributed by atoms with E-state index < -0.39 is 0 Å². The summed E-state index contributed by atoms with van der Waals surface area (Å²) in [6, 6.07) is 13.0. The van der Waals surface area contributed by atoms with Gasteiger partial charge in [-0.15, -0.1) is 28.7 Å². The Bertz CT molecular complexity index is 1040. The summed E-state index contributed by atoms with van der Waals surface area (Å²) in [5.74, 6) is 1.59. The molecule has 3 rings (SSSR count). The fourth-order valence-corrected chi connectivity index (χ4v) is 5.58. The molecule has 0 aliphatic carbocycles. The van der Waals surface area contributed by atoms with E-state index in [9.17, 15) is 4.79 Å². The maximum absolute atomic E-state index is 12.5. The molecule has 0 spiro atoms. The van der Waals surface area contributed by atoms with Crippen molar-refractivity contribution in [2.45, 2.75) is 97.4 Å². The van der Waals surface area contributed by atoms with E-state index in [-0.39, 0.29) is 23.0 Å². The molecular weight excluding hydrogens is 606 g/mol. The molecule has 8 heteroatoms. The van der Waals surface area contributed by atoms with Crippen LogP contribution in [0.5, 0.6) is 5.75 Å². The Morgan fingerprint density at radius 3 is 2.05 bits per heavy atom. The zero-order chi connectivity index (χ0) is 27.7. The molecule has 40 heavy (non-hydrogen) atoms. The van der Waals surface area contributed by atoms with Crippen molar-refractivity contribution in [1.29, 1.82) is 0 Å². The molecule has 2 aromatic rings. The average Bonchev–Trinajstić information content (AvgIpc) is 3.33. The van der Waals surface area contributed by atoms with Crippen LogP contribution in [0, 0.1) is 0 Å². The first kappa shape index (κ1) is 34.4. The maximum atomic E-state index is 12.5. The molecule has 0 saturated carbocycles. The summed E-state index contributed by atoms with van der Waals surface area (Å²) >= 11 is 8.19. The Morgan fingerprint density at radius 1 is 0.875 bits per heavy atom. The van der Waals surface area contributed by atoms with Crippen molar-refractivity contribution in [2.75, 3.05) is 23.1 Å². The molecule has 2 N–H and O–H groups in total. The highest BCUT2D eigenvalue weighted by Gasteiger charge is 2.11. The van der Waals surface area contributed by atoms with Gasteiger partial charge < -0.3 is 20.3 Å². The summed E-state index contributed by atoms with van der Waals surface area (Å²) in [5, 5.41) is 6.33. The van der Waals surface area contributed by atoms with Crippen molar-refractivity contribution >= 4 is 57.8 Å². The van der Waals surface area contributed by atoms with Crippen LogP contribution in [0.3, 0.4) is 0 Å². The third-order valence-corrected chi connectivity index (χ3v) is 8.20. The number of carbonyl (C=O) groups is 1. The normalized spacial score (nSPS) is 12.6. The van der Waals surface area contributed by atoms with Gasteiger partial charge in [0.25, 0.3) is 0 Å². The van der Waals surface area contributed by atoms with Gasteiger partial charge in [0.05, 0.1) is 17.5 Å². The minimum Gasteiger partial charge on any atom is -0.492 e. The summed E-state index contributed by atoms with van der Waals surface area (Å²) in [5.41, 5.74) is 2.60. The van der Waals surface area contributed by atoms with Crippen LogP contribution >= 0.6 is 40.3 Å². The Morgan fingerprint density at radius 2 is 1.45 bits per heavy atom. The van der Waals surface area contributed by atoms with Gasteiger partial charge >= 0.3 is 6.03 Å². The minimum absolute atomic E-state index is 0. The third-order valence-electron chi connectivity index (χ3n) is 6.86. The number of carbonyl (C=O) groups excluding carboxylic acids is 1. The number of anilines is 2. The van der Waals surface area contributed by atoms with E-state index in [0.29, 0.717) is 23.1 Å². The zero-order valence-electron chi connectivity index (χ0n) is 24.2. The van der Waals surface area contributed by atoms with Crippen LogP contribution in [-0.4, -0.2) is 23.4 Å². The number of nitrogens with one attached hydrogen (secondary N) is 2. The monoisotopic (exact) mass is 651 g/mol. The molecule has 0 radical (unpaired) electrons. The molecule has 0 fully saturated rings. The second-order valence-corrected chi connectivity index (χ2v) is 12.0. The number of amides is 2. The summed E-state index contributed by atoms with van der Waals surface area (Å²) in [6.45, 7) is 5.89. The first-order valence-electron chi connectivity index (χ1n) is 14.7. The van der Waals surface area contributed by atoms with Crippen molar-refractivity contribution < 1.29 is 9.53 Å². The highest BCUT2D eigenvalue weighted by atomic mass is 79.9. The largest absolute Gasteiger partial charge is 0.492 e. The molecule has 0 atom stereocenters. The highest BCUT2D eigenvalue weighted by Crippen LogP contribution is 2.29. The lowest BCUT2D eigenvalue weighted by atomic mass is 10.1. The van der Waals surface area contributed by atoms with Crippen LogP contribution < -0.4 is 15.4 Å². The second kappa shape index (κ2) is 20.1. The lowest BCUT2D eigenvalue weighted by Crippen LogP contribution is -2.19. The number of hydrogen-bond acceptors (Lipinski definition) is 4. The molecule has 0 saturated heterocycles. The van der Waals surface area contributed by atoms with Crippen molar-refractivity contribution in [3.8, 4) is 5.75 Å². The molecule has 2 aromatic carbocycles. The summed E-state index contributed by atoms with van der Waals surface area (Å²) in [7, 11) is 0. The van der Waals surface area contributed by atoms with Gasteiger partial charge in [-0.1, -0.05) is 101 Å². The number of allylic oxidation sites excluding steroid dienone is 1. The minimum atomic E-state index is -0.300. The SMILES string of the molecule is Br.CCCCCCCCCCCCCCOc1cc(NC(=O)Nc2ccc(CN3C=C(C)SC3)cc2)ccc1Cl. The van der Waals surface area contributed by atoms with E-state index in [1.54, 1.807) is 18.2 Å². The molecular formula is C32H47BrClN3O2S. The molecule has 0 unspecified atom stereocenters. The van der Waals surface area contributed by atoms with Crippen LogP contribution in [0.15, 0.2) is 53.6 Å². The number of rotatable bonds is 18. The number of benzene rings is 2. The lowest BCUT2D eigenvalue weighted by Gasteiger charge is -2.15. The fourth-order valence-electron chi connectivity index (χ4n) is 4.65. The van der Waals surface area contributed by atoms with Crippen molar-refractivity contribution in [3.63, 3.8) is 0 Å². The third kappa shape index (κ3) is 13.7. The molecule has 1 heterocycles. The predicted molar refractivity (Wildman–Crippen MR) is 179 cm³/mol. The van der Waals surface area contributed by atoms with Crippen LogP contribution in [0.4, 0.5) is 16.2 Å². The van der Waals surface area contributed by atoms with Crippen molar-refractivity contribution in [1.82, 2.24) is 4.90 Å². The summed E-state index contributed by atoms with van der Waals surface area (Å²) in [6.07, 6.45) is 17.9. The molecule has 0 bridgehead atoms. The van der Waals surface area contributed by atoms with E-state index in [2.05, 4.69) is 35.6 Å². The van der Waals surface area contributed by atoms with Gasteiger partial charge in [-0.3, -0.25) is 0 Å². The molecule has 1 aliphatic rings. The van der Waals surface area contributed by atoms with Crippen molar-refractivity contribution in [3.05, 3.63) is 64.2 Å². The lowest BCUT2D eigenvalue weighted by molar-refractivity contribution is 0.262. The molecule has 1 aliphatic heterocycles. The topological polar surface area (TPSA) is 53.6 Å². The molecule has 2 amide bonds. The highest BCUT2D eigenvalue weighted by molar-refractivity contribution is 8.93. The van der Waals surface area contributed by atoms with Crippen LogP contribution in [-0.2, 0) is 6.54 Å². The number of urea groups is 1. The van der Waals surface area contributed by atoms with Gasteiger partial charge in [0.1, 0.15) is 5.75 Å². The molecule has 0 aromatic heterocycles. The standard InChI is InChI=1S/C32H46ClN3O2S.BrH/c1-3-4-5-6-7-8-9-10-11-12-13-14-21-38-31-22-29(19-20-30(31)33)35-32(37)34-28-17-15-27(16-18-28)24-36-23-26(2)39-25-36;/h15-20,22-23H,3-14,21,24-25H2,1-2H3,(H2,34,35,37);1H. The first-order chi connectivity index (χ1) is 19.0. The fraction of sp³-hybridized carbons (Fsp3) is 0.531.